The fourth-order valence-corrected chi connectivity index (χ4v) is 2.72. The molecule has 0 aliphatic carbocycles. The summed E-state index contributed by atoms with van der Waals surface area (Å²) in [4.78, 5) is 35.5. The second kappa shape index (κ2) is 6.56. The maximum absolute atomic E-state index is 12.8. The summed E-state index contributed by atoms with van der Waals surface area (Å²) < 4.78 is 6.00. The fourth-order valence-electron chi connectivity index (χ4n) is 2.72. The molecule has 0 spiro atoms. The minimum atomic E-state index is -0.827. The van der Waals surface area contributed by atoms with Gasteiger partial charge in [-0.05, 0) is 17.7 Å². The van der Waals surface area contributed by atoms with Crippen LogP contribution in [0.5, 0.6) is 0 Å². The van der Waals surface area contributed by atoms with E-state index in [-0.39, 0.29) is 23.2 Å². The zero-order chi connectivity index (χ0) is 18.0. The molecule has 0 aliphatic rings. The first kappa shape index (κ1) is 16.4. The fraction of sp³-hybridized carbons (Fsp3) is 0.111. The van der Waals surface area contributed by atoms with Crippen molar-refractivity contribution < 1.29 is 14.5 Å². The molecule has 0 atom stereocenters. The smallest absolute Gasteiger partial charge is 0.343 e. The summed E-state index contributed by atoms with van der Waals surface area (Å²) in [6.07, 6.45) is 0. The van der Waals surface area contributed by atoms with Gasteiger partial charge in [-0.3, -0.25) is 14.9 Å². The molecule has 0 amide bonds. The average Bonchev–Trinajstić information content (AvgIpc) is 2.63. The van der Waals surface area contributed by atoms with E-state index in [1.165, 1.54) is 22.8 Å². The van der Waals surface area contributed by atoms with Gasteiger partial charge >= 0.3 is 5.97 Å². The number of nitro benzene ring substituents is 1. The lowest BCUT2D eigenvalue weighted by Crippen LogP contribution is -2.27. The van der Waals surface area contributed by atoms with E-state index in [0.717, 1.165) is 12.7 Å². The number of methoxy groups -OCH3 is 1. The first-order chi connectivity index (χ1) is 12.0. The number of hydrogen-bond acceptors (Lipinski definition) is 5. The number of rotatable bonds is 4. The number of hydrogen-bond donors (Lipinski definition) is 0. The first-order valence-electron chi connectivity index (χ1n) is 7.46. The minimum absolute atomic E-state index is 0.176. The van der Waals surface area contributed by atoms with E-state index in [1.807, 2.05) is 30.3 Å². The highest BCUT2D eigenvalue weighted by atomic mass is 16.6. The summed E-state index contributed by atoms with van der Waals surface area (Å²) in [5, 5.41) is 11.5. The summed E-state index contributed by atoms with van der Waals surface area (Å²) >= 11 is 0. The molecule has 0 bridgehead atoms. The van der Waals surface area contributed by atoms with Crippen molar-refractivity contribution in [2.24, 2.45) is 0 Å². The van der Waals surface area contributed by atoms with Gasteiger partial charge in [0, 0.05) is 6.07 Å². The van der Waals surface area contributed by atoms with E-state index in [4.69, 9.17) is 0 Å². The van der Waals surface area contributed by atoms with E-state index < -0.39 is 16.5 Å². The lowest BCUT2D eigenvalue weighted by atomic mass is 10.1. The van der Waals surface area contributed by atoms with Crippen molar-refractivity contribution in [3.63, 3.8) is 0 Å². The molecule has 0 N–H and O–H groups in total. The number of aromatic nitrogens is 1. The van der Waals surface area contributed by atoms with Crippen molar-refractivity contribution >= 4 is 22.6 Å². The highest BCUT2D eigenvalue weighted by molar-refractivity contribution is 5.96. The molecule has 126 valence electrons. The molecule has 25 heavy (non-hydrogen) atoms. The van der Waals surface area contributed by atoms with E-state index >= 15 is 0 Å². The monoisotopic (exact) mass is 338 g/mol. The molecule has 1 aromatic heterocycles. The quantitative estimate of drug-likeness (QED) is 0.414. The Hall–Kier alpha value is -3.48. The van der Waals surface area contributed by atoms with Gasteiger partial charge in [0.15, 0.2) is 0 Å². The van der Waals surface area contributed by atoms with Crippen LogP contribution in [0, 0.1) is 10.1 Å². The maximum Gasteiger partial charge on any atom is 0.343 e. The van der Waals surface area contributed by atoms with Crippen LogP contribution in [0.1, 0.15) is 15.9 Å². The highest BCUT2D eigenvalue weighted by Crippen LogP contribution is 2.25. The number of nitro groups is 1. The summed E-state index contributed by atoms with van der Waals surface area (Å²) in [5.41, 5.74) is 0.253. The molecule has 0 unspecified atom stereocenters. The van der Waals surface area contributed by atoms with E-state index in [1.54, 1.807) is 6.07 Å². The third-order valence-electron chi connectivity index (χ3n) is 3.90. The molecule has 0 saturated heterocycles. The van der Waals surface area contributed by atoms with Crippen molar-refractivity contribution in [1.82, 2.24) is 4.57 Å². The number of carbonyl (C=O) groups excluding carboxylic acids is 1. The van der Waals surface area contributed by atoms with Gasteiger partial charge in [0.2, 0.25) is 0 Å². The third kappa shape index (κ3) is 2.99. The largest absolute Gasteiger partial charge is 0.465 e. The van der Waals surface area contributed by atoms with E-state index in [2.05, 4.69) is 4.74 Å². The standard InChI is InChI=1S/C18H14N2O5/c1-25-18(22)14-10-13-15(8-5-9-16(13)20(23)24)19(17(14)21)11-12-6-3-2-4-7-12/h2-10H,11H2,1H3. The van der Waals surface area contributed by atoms with Gasteiger partial charge in [-0.25, -0.2) is 4.79 Å². The molecule has 0 radical (unpaired) electrons. The number of benzene rings is 2. The van der Waals surface area contributed by atoms with Crippen LogP contribution in [0.25, 0.3) is 10.9 Å². The SMILES string of the molecule is COC(=O)c1cc2c([N+](=O)[O-])cccc2n(Cc2ccccc2)c1=O. The molecule has 0 aliphatic heterocycles. The third-order valence-corrected chi connectivity index (χ3v) is 3.90. The van der Waals surface area contributed by atoms with Crippen LogP contribution in [-0.2, 0) is 11.3 Å². The van der Waals surface area contributed by atoms with Crippen LogP contribution in [0.15, 0.2) is 59.4 Å². The Morgan fingerprint density at radius 1 is 1.16 bits per heavy atom. The summed E-state index contributed by atoms with van der Waals surface area (Å²) in [5.74, 6) is -0.827. The van der Waals surface area contributed by atoms with Crippen LogP contribution in [0.3, 0.4) is 0 Å². The average molecular weight is 338 g/mol. The zero-order valence-electron chi connectivity index (χ0n) is 13.3. The predicted octanol–water partition coefficient (Wildman–Crippen LogP) is 2.74. The summed E-state index contributed by atoms with van der Waals surface area (Å²) in [6, 6.07) is 14.9. The molecule has 7 heteroatoms. The molecule has 0 saturated carbocycles. The number of non-ortho nitro benzene ring substituents is 1. The number of ether oxygens (including phenoxy) is 1. The van der Waals surface area contributed by atoms with Gasteiger partial charge < -0.3 is 9.30 Å². The molecule has 1 heterocycles. The van der Waals surface area contributed by atoms with Crippen molar-refractivity contribution in [3.8, 4) is 0 Å². The maximum atomic E-state index is 12.8. The highest BCUT2D eigenvalue weighted by Gasteiger charge is 2.21. The Bertz CT molecular complexity index is 1020. The molecular weight excluding hydrogens is 324 g/mol. The van der Waals surface area contributed by atoms with Crippen LogP contribution < -0.4 is 5.56 Å². The predicted molar refractivity (Wildman–Crippen MR) is 91.7 cm³/mol. The minimum Gasteiger partial charge on any atom is -0.465 e. The van der Waals surface area contributed by atoms with Crippen LogP contribution in [0.4, 0.5) is 5.69 Å². The molecule has 0 fully saturated rings. The second-order valence-electron chi connectivity index (χ2n) is 5.39. The van der Waals surface area contributed by atoms with Crippen LogP contribution in [0.2, 0.25) is 0 Å². The lowest BCUT2D eigenvalue weighted by Gasteiger charge is -2.12. The van der Waals surface area contributed by atoms with Crippen molar-refractivity contribution in [2.45, 2.75) is 6.54 Å². The Morgan fingerprint density at radius 2 is 1.88 bits per heavy atom. The van der Waals surface area contributed by atoms with Gasteiger partial charge in [-0.15, -0.1) is 0 Å². The Balaban J connectivity index is 2.34. The van der Waals surface area contributed by atoms with E-state index in [9.17, 15) is 19.7 Å². The molecule has 2 aromatic carbocycles. The summed E-state index contributed by atoms with van der Waals surface area (Å²) in [7, 11) is 1.16. The topological polar surface area (TPSA) is 91.4 Å². The molecule has 3 rings (SSSR count). The van der Waals surface area contributed by atoms with E-state index in [0.29, 0.717) is 5.52 Å². The second-order valence-corrected chi connectivity index (χ2v) is 5.39. The number of carbonyl (C=O) groups is 1. The number of nitrogens with zero attached hydrogens (tertiary/aromatic N) is 2. The Labute approximate surface area is 142 Å². The van der Waals surface area contributed by atoms with Crippen molar-refractivity contribution in [1.29, 1.82) is 0 Å². The van der Waals surface area contributed by atoms with Gasteiger partial charge in [0.1, 0.15) is 5.56 Å². The van der Waals surface area contributed by atoms with Crippen molar-refractivity contribution in [3.05, 3.63) is 86.2 Å². The van der Waals surface area contributed by atoms with Gasteiger partial charge in [0.05, 0.1) is 29.5 Å². The lowest BCUT2D eigenvalue weighted by molar-refractivity contribution is -0.383. The summed E-state index contributed by atoms with van der Waals surface area (Å²) in [6.45, 7) is 0.183. The molecular formula is C18H14N2O5. The van der Waals surface area contributed by atoms with Gasteiger partial charge in [0.25, 0.3) is 11.2 Å². The molecule has 7 nitrogen and oxygen atoms in total. The van der Waals surface area contributed by atoms with Gasteiger partial charge in [-0.2, -0.15) is 0 Å². The molecule has 3 aromatic rings. The van der Waals surface area contributed by atoms with Crippen molar-refractivity contribution in [2.75, 3.05) is 7.11 Å². The van der Waals surface area contributed by atoms with Crippen LogP contribution >= 0.6 is 0 Å². The number of fused-ring (bicyclic) bond motifs is 1. The van der Waals surface area contributed by atoms with Crippen LogP contribution in [-0.4, -0.2) is 22.6 Å². The number of esters is 1. The first-order valence-corrected chi connectivity index (χ1v) is 7.46. The number of pyridine rings is 1. The Kier molecular flexibility index (Phi) is 4.30. The Morgan fingerprint density at radius 3 is 2.52 bits per heavy atom. The normalized spacial score (nSPS) is 10.6. The van der Waals surface area contributed by atoms with Gasteiger partial charge in [-0.1, -0.05) is 36.4 Å². The zero-order valence-corrected chi connectivity index (χ0v) is 13.3.